The third kappa shape index (κ3) is 3.29. The van der Waals surface area contributed by atoms with E-state index in [0.29, 0.717) is 5.92 Å². The molecule has 17 heavy (non-hydrogen) atoms. The smallest absolute Gasteiger partial charge is 0.100 e. The molecule has 0 unspecified atom stereocenters. The van der Waals surface area contributed by atoms with Gasteiger partial charge in [-0.15, -0.1) is 11.3 Å². The zero-order valence-electron chi connectivity index (χ0n) is 10.1. The molecule has 3 nitrogen and oxygen atoms in total. The highest BCUT2D eigenvalue weighted by Crippen LogP contribution is 2.23. The zero-order chi connectivity index (χ0) is 12.3. The van der Waals surface area contributed by atoms with Crippen LogP contribution in [0.5, 0.6) is 0 Å². The van der Waals surface area contributed by atoms with Crippen LogP contribution in [0.3, 0.4) is 0 Å². The van der Waals surface area contributed by atoms with E-state index in [1.165, 1.54) is 4.88 Å². The molecule has 2 rings (SSSR count). The lowest BCUT2D eigenvalue weighted by Crippen LogP contribution is -2.38. The molecule has 2 heterocycles. The van der Waals surface area contributed by atoms with Crippen LogP contribution >= 0.6 is 11.3 Å². The van der Waals surface area contributed by atoms with Gasteiger partial charge in [0.15, 0.2) is 0 Å². The fourth-order valence-electron chi connectivity index (χ4n) is 2.37. The number of hydrogen-bond donors (Lipinski definition) is 1. The first kappa shape index (κ1) is 12.6. The Hall–Kier alpha value is -0.890. The van der Waals surface area contributed by atoms with Crippen LogP contribution in [0.15, 0.2) is 11.4 Å². The third-order valence-electron chi connectivity index (χ3n) is 3.39. The maximum absolute atomic E-state index is 9.64. The Morgan fingerprint density at radius 1 is 1.71 bits per heavy atom. The van der Waals surface area contributed by atoms with Crippen molar-refractivity contribution in [2.75, 3.05) is 13.1 Å². The molecular weight excluding hydrogens is 232 g/mol. The quantitative estimate of drug-likeness (QED) is 0.894. The van der Waals surface area contributed by atoms with Crippen LogP contribution in [0.2, 0.25) is 0 Å². The molecule has 1 aromatic heterocycles. The van der Waals surface area contributed by atoms with Gasteiger partial charge in [0.05, 0.1) is 11.7 Å². The van der Waals surface area contributed by atoms with E-state index in [9.17, 15) is 5.11 Å². The van der Waals surface area contributed by atoms with Crippen LogP contribution in [-0.4, -0.2) is 29.2 Å². The maximum Gasteiger partial charge on any atom is 0.100 e. The first-order chi connectivity index (χ1) is 8.19. The van der Waals surface area contributed by atoms with Crippen LogP contribution in [0.1, 0.15) is 30.2 Å². The summed E-state index contributed by atoms with van der Waals surface area (Å²) < 4.78 is 0. The minimum Gasteiger partial charge on any atom is -0.393 e. The van der Waals surface area contributed by atoms with Gasteiger partial charge in [-0.25, -0.2) is 0 Å². The Bertz CT molecular complexity index is 408. The van der Waals surface area contributed by atoms with Gasteiger partial charge >= 0.3 is 0 Å². The average molecular weight is 250 g/mol. The van der Waals surface area contributed by atoms with Crippen molar-refractivity contribution in [3.05, 3.63) is 21.9 Å². The highest BCUT2D eigenvalue weighted by Gasteiger charge is 2.23. The molecule has 0 bridgehead atoms. The number of hydrogen-bond acceptors (Lipinski definition) is 4. The largest absolute Gasteiger partial charge is 0.393 e. The molecule has 0 aromatic carbocycles. The highest BCUT2D eigenvalue weighted by molar-refractivity contribution is 7.10. The SMILES string of the molecule is C[C@H](O)[C@@H]1CCCN(Cc2cc(C#N)cs2)C1. The first-order valence-electron chi connectivity index (χ1n) is 6.07. The van der Waals surface area contributed by atoms with E-state index in [4.69, 9.17) is 5.26 Å². The van der Waals surface area contributed by atoms with E-state index >= 15 is 0 Å². The lowest BCUT2D eigenvalue weighted by Gasteiger charge is -2.33. The van der Waals surface area contributed by atoms with Crippen molar-refractivity contribution in [2.45, 2.75) is 32.4 Å². The van der Waals surface area contributed by atoms with Crippen molar-refractivity contribution in [3.8, 4) is 6.07 Å². The monoisotopic (exact) mass is 250 g/mol. The Morgan fingerprint density at radius 2 is 2.53 bits per heavy atom. The summed E-state index contributed by atoms with van der Waals surface area (Å²) in [5.41, 5.74) is 0.758. The number of nitriles is 1. The van der Waals surface area contributed by atoms with E-state index in [1.807, 2.05) is 18.4 Å². The van der Waals surface area contributed by atoms with E-state index < -0.39 is 0 Å². The van der Waals surface area contributed by atoms with Gasteiger partial charge in [0, 0.05) is 23.3 Å². The van der Waals surface area contributed by atoms with Gasteiger partial charge in [-0.3, -0.25) is 4.90 Å². The van der Waals surface area contributed by atoms with Crippen molar-refractivity contribution in [1.29, 1.82) is 5.26 Å². The minimum atomic E-state index is -0.212. The predicted octanol–water partition coefficient (Wildman–Crippen LogP) is 2.21. The standard InChI is InChI=1S/C13H18N2OS/c1-10(16)12-3-2-4-15(7-12)8-13-5-11(6-14)9-17-13/h5,9-10,12,16H,2-4,7-8H2,1H3/t10-,12+/m0/s1. The van der Waals surface area contributed by atoms with E-state index in [1.54, 1.807) is 11.3 Å². The summed E-state index contributed by atoms with van der Waals surface area (Å²) >= 11 is 1.65. The second-order valence-corrected chi connectivity index (χ2v) is 5.79. The molecule has 1 aromatic rings. The molecule has 4 heteroatoms. The van der Waals surface area contributed by atoms with Gasteiger partial charge in [-0.1, -0.05) is 0 Å². The predicted molar refractivity (Wildman–Crippen MR) is 68.7 cm³/mol. The fourth-order valence-corrected chi connectivity index (χ4v) is 3.22. The van der Waals surface area contributed by atoms with Gasteiger partial charge in [-0.2, -0.15) is 5.26 Å². The van der Waals surface area contributed by atoms with Crippen molar-refractivity contribution >= 4 is 11.3 Å². The molecule has 92 valence electrons. The fraction of sp³-hybridized carbons (Fsp3) is 0.615. The molecule has 1 N–H and O–H groups in total. The Kier molecular flexibility index (Phi) is 4.16. The first-order valence-corrected chi connectivity index (χ1v) is 6.95. The lowest BCUT2D eigenvalue weighted by atomic mass is 9.93. The van der Waals surface area contributed by atoms with E-state index in [-0.39, 0.29) is 6.10 Å². The second kappa shape index (κ2) is 5.63. The van der Waals surface area contributed by atoms with Crippen LogP contribution in [-0.2, 0) is 6.54 Å². The summed E-state index contributed by atoms with van der Waals surface area (Å²) in [6.07, 6.45) is 2.07. The zero-order valence-corrected chi connectivity index (χ0v) is 10.9. The number of thiophene rings is 1. The molecule has 1 saturated heterocycles. The molecular formula is C13H18N2OS. The summed E-state index contributed by atoms with van der Waals surface area (Å²) in [6.45, 7) is 4.86. The summed E-state index contributed by atoms with van der Waals surface area (Å²) in [7, 11) is 0. The van der Waals surface area contributed by atoms with Crippen molar-refractivity contribution in [2.24, 2.45) is 5.92 Å². The van der Waals surface area contributed by atoms with Crippen LogP contribution in [0.25, 0.3) is 0 Å². The molecule has 1 aliphatic rings. The van der Waals surface area contributed by atoms with Crippen molar-refractivity contribution in [1.82, 2.24) is 4.90 Å². The molecule has 0 radical (unpaired) electrons. The average Bonchev–Trinajstić information content (AvgIpc) is 2.77. The summed E-state index contributed by atoms with van der Waals surface area (Å²) in [6, 6.07) is 4.13. The molecule has 0 spiro atoms. The molecule has 1 fully saturated rings. The number of aliphatic hydroxyl groups excluding tert-OH is 1. The second-order valence-electron chi connectivity index (χ2n) is 4.79. The Labute approximate surface area is 106 Å². The summed E-state index contributed by atoms with van der Waals surface area (Å²) in [5.74, 6) is 0.402. The number of piperidine rings is 1. The van der Waals surface area contributed by atoms with Gasteiger partial charge in [0.2, 0.25) is 0 Å². The molecule has 0 saturated carbocycles. The van der Waals surface area contributed by atoms with Crippen LogP contribution in [0, 0.1) is 17.2 Å². The Balaban J connectivity index is 1.92. The van der Waals surface area contributed by atoms with Gasteiger partial charge in [0.1, 0.15) is 6.07 Å². The van der Waals surface area contributed by atoms with Crippen LogP contribution in [0.4, 0.5) is 0 Å². The van der Waals surface area contributed by atoms with Crippen molar-refractivity contribution < 1.29 is 5.11 Å². The summed E-state index contributed by atoms with van der Waals surface area (Å²) in [4.78, 5) is 3.63. The number of likely N-dealkylation sites (tertiary alicyclic amines) is 1. The molecule has 2 atom stereocenters. The minimum absolute atomic E-state index is 0.212. The molecule has 1 aliphatic heterocycles. The molecule has 0 amide bonds. The third-order valence-corrected chi connectivity index (χ3v) is 4.31. The lowest BCUT2D eigenvalue weighted by molar-refractivity contribution is 0.0603. The summed E-state index contributed by atoms with van der Waals surface area (Å²) in [5, 5.41) is 20.3. The van der Waals surface area contributed by atoms with Gasteiger partial charge in [0.25, 0.3) is 0 Å². The van der Waals surface area contributed by atoms with Gasteiger partial charge in [-0.05, 0) is 38.3 Å². The van der Waals surface area contributed by atoms with Gasteiger partial charge < -0.3 is 5.11 Å². The highest BCUT2D eigenvalue weighted by atomic mass is 32.1. The Morgan fingerprint density at radius 3 is 3.18 bits per heavy atom. The normalized spacial score (nSPS) is 23.2. The van der Waals surface area contributed by atoms with E-state index in [0.717, 1.165) is 38.0 Å². The van der Waals surface area contributed by atoms with Crippen LogP contribution < -0.4 is 0 Å². The number of aliphatic hydroxyl groups is 1. The number of nitrogens with zero attached hydrogens (tertiary/aromatic N) is 2. The van der Waals surface area contributed by atoms with E-state index in [2.05, 4.69) is 11.0 Å². The maximum atomic E-state index is 9.64. The van der Waals surface area contributed by atoms with Crippen molar-refractivity contribution in [3.63, 3.8) is 0 Å². The molecule has 0 aliphatic carbocycles. The number of rotatable bonds is 3. The topological polar surface area (TPSA) is 47.3 Å².